The number of aromatic hydroxyl groups is 1. The number of ketones is 1. The van der Waals surface area contributed by atoms with Crippen LogP contribution in [-0.2, 0) is 11.8 Å². The van der Waals surface area contributed by atoms with Gasteiger partial charge in [0, 0.05) is 23.5 Å². The zero-order valence-electron chi connectivity index (χ0n) is 23.4. The van der Waals surface area contributed by atoms with E-state index in [-0.39, 0.29) is 29.0 Å². The Hall–Kier alpha value is -4.74. The number of alkyl halides is 6. The molecule has 4 rings (SSSR count). The number of halogens is 6. The van der Waals surface area contributed by atoms with E-state index in [0.717, 1.165) is 12.1 Å². The molecule has 3 N–H and O–H groups in total. The summed E-state index contributed by atoms with van der Waals surface area (Å²) in [5.74, 6) is -4.08. The van der Waals surface area contributed by atoms with Crippen LogP contribution in [0.25, 0.3) is 0 Å². The predicted octanol–water partition coefficient (Wildman–Crippen LogP) is 8.09. The Bertz CT molecular complexity index is 1590. The Labute approximate surface area is 248 Å². The lowest BCUT2D eigenvalue weighted by Gasteiger charge is -2.43. The van der Waals surface area contributed by atoms with Crippen LogP contribution in [0.15, 0.2) is 90.3 Å². The molecule has 0 heterocycles. The molecule has 12 heteroatoms. The van der Waals surface area contributed by atoms with Crippen molar-refractivity contribution in [1.82, 2.24) is 5.32 Å². The first-order valence-electron chi connectivity index (χ1n) is 13.3. The van der Waals surface area contributed by atoms with Crippen molar-refractivity contribution >= 4 is 11.7 Å². The van der Waals surface area contributed by atoms with Crippen molar-refractivity contribution in [1.29, 1.82) is 0 Å². The molecule has 0 bridgehead atoms. The summed E-state index contributed by atoms with van der Waals surface area (Å²) in [5.41, 5.74) is -5.32. The normalized spacial score (nSPS) is 15.7. The molecule has 0 aliphatic heterocycles. The zero-order chi connectivity index (χ0) is 32.4. The largest absolute Gasteiger partial charge is 0.510 e. The quantitative estimate of drug-likeness (QED) is 0.175. The molecule has 0 aromatic heterocycles. The molecule has 0 spiro atoms. The maximum atomic E-state index is 14.5. The van der Waals surface area contributed by atoms with Gasteiger partial charge in [-0.2, -0.15) is 26.3 Å². The molecule has 3 aromatic rings. The van der Waals surface area contributed by atoms with Gasteiger partial charge in [0.05, 0.1) is 5.70 Å². The minimum Gasteiger partial charge on any atom is -0.510 e. The molecule has 1 amide bonds. The lowest BCUT2D eigenvalue weighted by Crippen LogP contribution is -2.58. The van der Waals surface area contributed by atoms with E-state index in [1.165, 1.54) is 31.2 Å². The van der Waals surface area contributed by atoms with Crippen molar-refractivity contribution < 1.29 is 50.9 Å². The predicted molar refractivity (Wildman–Crippen MR) is 149 cm³/mol. The van der Waals surface area contributed by atoms with E-state index < -0.39 is 53.1 Å². The molecule has 1 aliphatic carbocycles. The fourth-order valence-electron chi connectivity index (χ4n) is 5.10. The average molecular weight is 620 g/mol. The number of carbonyl (C=O) groups excluding carboxylic acids is 2. The van der Waals surface area contributed by atoms with Crippen LogP contribution in [0.5, 0.6) is 17.2 Å². The first-order chi connectivity index (χ1) is 20.6. The summed E-state index contributed by atoms with van der Waals surface area (Å²) in [6.07, 6.45) is -11.2. The van der Waals surface area contributed by atoms with Crippen LogP contribution in [0.1, 0.15) is 52.1 Å². The number of ether oxygens (including phenoxy) is 1. The molecule has 232 valence electrons. The fourth-order valence-corrected chi connectivity index (χ4v) is 5.10. The number of allylic oxidation sites excluding steroid dienone is 3. The lowest BCUT2D eigenvalue weighted by molar-refractivity contribution is -0.315. The van der Waals surface area contributed by atoms with Gasteiger partial charge in [-0.1, -0.05) is 25.1 Å². The second-order valence-electron chi connectivity index (χ2n) is 10.2. The van der Waals surface area contributed by atoms with Crippen LogP contribution in [0.2, 0.25) is 0 Å². The highest BCUT2D eigenvalue weighted by Gasteiger charge is 2.74. The molecule has 44 heavy (non-hydrogen) atoms. The molecule has 0 radical (unpaired) electrons. The van der Waals surface area contributed by atoms with E-state index in [1.807, 2.05) is 0 Å². The first-order valence-corrected chi connectivity index (χ1v) is 13.3. The van der Waals surface area contributed by atoms with Gasteiger partial charge in [-0.15, -0.1) is 0 Å². The third-order valence-electron chi connectivity index (χ3n) is 7.45. The Morgan fingerprint density at radius 3 is 1.86 bits per heavy atom. The van der Waals surface area contributed by atoms with Gasteiger partial charge in [-0.05, 0) is 85.1 Å². The van der Waals surface area contributed by atoms with Gasteiger partial charge in [-0.3, -0.25) is 9.59 Å². The SMILES string of the molecule is CCc1ccc(C(C2C=CC(NC(=O)c3ccc(Oc4ccc(C(C)=O)cc4)cc3)=C(O)C2)(C(F)(F)F)C(F)(F)F)cc1O. The van der Waals surface area contributed by atoms with Crippen LogP contribution in [0, 0.1) is 5.92 Å². The second kappa shape index (κ2) is 12.1. The number of benzene rings is 3. The van der Waals surface area contributed by atoms with Crippen LogP contribution in [0.3, 0.4) is 0 Å². The molecular formula is C32H27F6NO5. The number of carbonyl (C=O) groups is 2. The van der Waals surface area contributed by atoms with E-state index >= 15 is 0 Å². The molecule has 0 saturated heterocycles. The van der Waals surface area contributed by atoms with Crippen molar-refractivity contribution in [3.63, 3.8) is 0 Å². The van der Waals surface area contributed by atoms with E-state index in [1.54, 1.807) is 31.2 Å². The summed E-state index contributed by atoms with van der Waals surface area (Å²) in [7, 11) is 0. The van der Waals surface area contributed by atoms with Crippen LogP contribution in [-0.4, -0.2) is 34.3 Å². The standard InChI is InChI=1S/C32H27F6NO5/c1-3-19-4-9-22(16-27(19)41)30(31(33,34)35,32(36,37)38)23-10-15-26(28(42)17-23)39-29(43)21-7-13-25(14-8-21)44-24-11-5-20(6-12-24)18(2)40/h4-16,23,41-42H,3,17H2,1-2H3,(H,39,43). The van der Waals surface area contributed by atoms with Gasteiger partial charge in [0.15, 0.2) is 11.2 Å². The van der Waals surface area contributed by atoms with Gasteiger partial charge in [0.2, 0.25) is 0 Å². The van der Waals surface area contributed by atoms with Gasteiger partial charge in [-0.25, -0.2) is 0 Å². The van der Waals surface area contributed by atoms with Crippen molar-refractivity contribution in [3.8, 4) is 17.2 Å². The number of hydrogen-bond acceptors (Lipinski definition) is 5. The highest BCUT2D eigenvalue weighted by atomic mass is 19.4. The van der Waals surface area contributed by atoms with Crippen molar-refractivity contribution in [2.45, 2.75) is 44.5 Å². The highest BCUT2D eigenvalue weighted by Crippen LogP contribution is 2.59. The number of amides is 1. The summed E-state index contributed by atoms with van der Waals surface area (Å²) in [6.45, 7) is 3.01. The van der Waals surface area contributed by atoms with E-state index in [0.29, 0.717) is 35.3 Å². The third-order valence-corrected chi connectivity index (χ3v) is 7.45. The Balaban J connectivity index is 1.55. The zero-order valence-corrected chi connectivity index (χ0v) is 23.4. The Morgan fingerprint density at radius 1 is 0.864 bits per heavy atom. The Morgan fingerprint density at radius 2 is 1.41 bits per heavy atom. The number of aryl methyl sites for hydroxylation is 1. The minimum atomic E-state index is -5.87. The average Bonchev–Trinajstić information content (AvgIpc) is 2.94. The second-order valence-corrected chi connectivity index (χ2v) is 10.2. The van der Waals surface area contributed by atoms with Crippen LogP contribution < -0.4 is 10.1 Å². The molecule has 3 aromatic carbocycles. The van der Waals surface area contributed by atoms with Gasteiger partial charge >= 0.3 is 12.4 Å². The van der Waals surface area contributed by atoms with Gasteiger partial charge in [0.1, 0.15) is 23.0 Å². The summed E-state index contributed by atoms with van der Waals surface area (Å²) < 4.78 is 92.7. The van der Waals surface area contributed by atoms with Crippen molar-refractivity contribution in [2.24, 2.45) is 5.92 Å². The summed E-state index contributed by atoms with van der Waals surface area (Å²) in [4.78, 5) is 24.2. The van der Waals surface area contributed by atoms with Crippen LogP contribution in [0.4, 0.5) is 26.3 Å². The number of phenolic OH excluding ortho intramolecular Hbond substituents is 1. The number of Topliss-reactive ketones (excluding diaryl/α,β-unsaturated/α-hetero) is 1. The summed E-state index contributed by atoms with van der Waals surface area (Å²) in [5, 5.41) is 23.0. The maximum absolute atomic E-state index is 14.5. The fraction of sp³-hybridized carbons (Fsp3) is 0.250. The molecule has 1 unspecified atom stereocenters. The molecule has 0 fully saturated rings. The molecule has 1 aliphatic rings. The summed E-state index contributed by atoms with van der Waals surface area (Å²) >= 11 is 0. The summed E-state index contributed by atoms with van der Waals surface area (Å²) in [6, 6.07) is 14.1. The Kier molecular flexibility index (Phi) is 8.85. The number of aliphatic hydroxyl groups is 1. The molecule has 1 atom stereocenters. The van der Waals surface area contributed by atoms with E-state index in [2.05, 4.69) is 5.32 Å². The number of rotatable bonds is 8. The van der Waals surface area contributed by atoms with Crippen molar-refractivity contribution in [2.75, 3.05) is 0 Å². The lowest BCUT2D eigenvalue weighted by atomic mass is 9.66. The number of nitrogens with one attached hydrogen (secondary N) is 1. The topological polar surface area (TPSA) is 95.9 Å². The minimum absolute atomic E-state index is 0.0616. The number of phenols is 1. The number of aliphatic hydroxyl groups excluding tert-OH is 1. The third kappa shape index (κ3) is 6.15. The monoisotopic (exact) mass is 619 g/mol. The van der Waals surface area contributed by atoms with Gasteiger partial charge < -0.3 is 20.3 Å². The maximum Gasteiger partial charge on any atom is 0.407 e. The molecule has 6 nitrogen and oxygen atoms in total. The first kappa shape index (κ1) is 32.2. The van der Waals surface area contributed by atoms with Gasteiger partial charge in [0.25, 0.3) is 5.91 Å². The van der Waals surface area contributed by atoms with E-state index in [4.69, 9.17) is 4.74 Å². The van der Waals surface area contributed by atoms with Crippen molar-refractivity contribution in [3.05, 3.63) is 113 Å². The van der Waals surface area contributed by atoms with Crippen LogP contribution >= 0.6 is 0 Å². The highest BCUT2D eigenvalue weighted by molar-refractivity contribution is 5.96. The molecule has 0 saturated carbocycles. The molecular weight excluding hydrogens is 592 g/mol. The van der Waals surface area contributed by atoms with E-state index in [9.17, 15) is 46.1 Å². The smallest absolute Gasteiger partial charge is 0.407 e. The number of hydrogen-bond donors (Lipinski definition) is 3.